The van der Waals surface area contributed by atoms with Gasteiger partial charge in [0.25, 0.3) is 0 Å². The number of hydrogen-bond donors (Lipinski definition) is 3. The van der Waals surface area contributed by atoms with Crippen molar-refractivity contribution in [2.75, 3.05) is 19.7 Å². The fourth-order valence-electron chi connectivity index (χ4n) is 0.850. The summed E-state index contributed by atoms with van der Waals surface area (Å²) in [5, 5.41) is 20.4. The highest BCUT2D eigenvalue weighted by molar-refractivity contribution is 4.52. The molecule has 3 heteroatoms. The summed E-state index contributed by atoms with van der Waals surface area (Å²) < 4.78 is 0. The fraction of sp³-hybridized carbons (Fsp3) is 1.00. The van der Waals surface area contributed by atoms with Crippen molar-refractivity contribution in [3.05, 3.63) is 0 Å². The lowest BCUT2D eigenvalue weighted by atomic mass is 10.2. The standard InChI is InChI=1S/C8H19NO2/c1-8(11)7-9-5-3-2-4-6-10/h8-11H,2-7H2,1H3. The van der Waals surface area contributed by atoms with E-state index in [-0.39, 0.29) is 12.7 Å². The second kappa shape index (κ2) is 7.98. The van der Waals surface area contributed by atoms with Crippen LogP contribution in [0.4, 0.5) is 0 Å². The summed E-state index contributed by atoms with van der Waals surface area (Å²) in [5.74, 6) is 0. The Labute approximate surface area is 68.4 Å². The molecule has 0 amide bonds. The van der Waals surface area contributed by atoms with Crippen LogP contribution in [-0.2, 0) is 0 Å². The first-order chi connectivity index (χ1) is 5.27. The third-order valence-electron chi connectivity index (χ3n) is 1.45. The first-order valence-corrected chi connectivity index (χ1v) is 4.27. The SMILES string of the molecule is CC(O)CNCCCCCO. The molecule has 0 aliphatic heterocycles. The van der Waals surface area contributed by atoms with Gasteiger partial charge in [-0.25, -0.2) is 0 Å². The van der Waals surface area contributed by atoms with E-state index in [1.807, 2.05) is 0 Å². The van der Waals surface area contributed by atoms with Gasteiger partial charge in [0.1, 0.15) is 0 Å². The molecule has 0 aromatic carbocycles. The van der Waals surface area contributed by atoms with Crippen LogP contribution in [0.1, 0.15) is 26.2 Å². The Bertz CT molecular complexity index is 76.5. The van der Waals surface area contributed by atoms with Gasteiger partial charge in [-0.2, -0.15) is 0 Å². The second-order valence-corrected chi connectivity index (χ2v) is 2.84. The van der Waals surface area contributed by atoms with E-state index in [4.69, 9.17) is 10.2 Å². The van der Waals surface area contributed by atoms with Crippen LogP contribution in [0.25, 0.3) is 0 Å². The van der Waals surface area contributed by atoms with Gasteiger partial charge >= 0.3 is 0 Å². The molecule has 0 saturated heterocycles. The molecule has 11 heavy (non-hydrogen) atoms. The van der Waals surface area contributed by atoms with Gasteiger partial charge in [0.05, 0.1) is 6.10 Å². The lowest BCUT2D eigenvalue weighted by Gasteiger charge is -2.05. The number of aliphatic hydroxyl groups is 2. The molecule has 0 bridgehead atoms. The predicted octanol–water partition coefficient (Wildman–Crippen LogP) is 0.119. The summed E-state index contributed by atoms with van der Waals surface area (Å²) in [7, 11) is 0. The number of nitrogens with one attached hydrogen (secondary N) is 1. The first kappa shape index (κ1) is 10.9. The van der Waals surface area contributed by atoms with Crippen LogP contribution < -0.4 is 5.32 Å². The maximum atomic E-state index is 8.85. The minimum Gasteiger partial charge on any atom is -0.396 e. The molecule has 1 unspecified atom stereocenters. The van der Waals surface area contributed by atoms with E-state index in [2.05, 4.69) is 5.32 Å². The summed E-state index contributed by atoms with van der Waals surface area (Å²) >= 11 is 0. The molecule has 0 aromatic rings. The maximum Gasteiger partial charge on any atom is 0.0636 e. The molecular weight excluding hydrogens is 142 g/mol. The summed E-state index contributed by atoms with van der Waals surface area (Å²) in [4.78, 5) is 0. The Kier molecular flexibility index (Phi) is 7.89. The lowest BCUT2D eigenvalue weighted by Crippen LogP contribution is -2.25. The van der Waals surface area contributed by atoms with Gasteiger partial charge in [-0.15, -0.1) is 0 Å². The average Bonchev–Trinajstić information content (AvgIpc) is 1.96. The monoisotopic (exact) mass is 161 g/mol. The van der Waals surface area contributed by atoms with Gasteiger partial charge in [-0.05, 0) is 32.7 Å². The summed E-state index contributed by atoms with van der Waals surface area (Å²) in [6.45, 7) is 3.65. The van der Waals surface area contributed by atoms with Crippen LogP contribution >= 0.6 is 0 Å². The molecule has 0 aliphatic rings. The lowest BCUT2D eigenvalue weighted by molar-refractivity contribution is 0.191. The quantitative estimate of drug-likeness (QED) is 0.465. The molecule has 1 atom stereocenters. The molecule has 0 rings (SSSR count). The van der Waals surface area contributed by atoms with Crippen molar-refractivity contribution in [1.29, 1.82) is 0 Å². The van der Waals surface area contributed by atoms with E-state index >= 15 is 0 Å². The van der Waals surface area contributed by atoms with Gasteiger partial charge < -0.3 is 15.5 Å². The molecule has 0 saturated carbocycles. The highest BCUT2D eigenvalue weighted by Gasteiger charge is 1.92. The van der Waals surface area contributed by atoms with Gasteiger partial charge in [0.15, 0.2) is 0 Å². The van der Waals surface area contributed by atoms with Crippen molar-refractivity contribution in [3.63, 3.8) is 0 Å². The molecule has 0 fully saturated rings. The van der Waals surface area contributed by atoms with Crippen molar-refractivity contribution >= 4 is 0 Å². The first-order valence-electron chi connectivity index (χ1n) is 4.27. The highest BCUT2D eigenvalue weighted by atomic mass is 16.3. The number of hydrogen-bond acceptors (Lipinski definition) is 3. The fourth-order valence-corrected chi connectivity index (χ4v) is 0.850. The van der Waals surface area contributed by atoms with Gasteiger partial charge in [0.2, 0.25) is 0 Å². The molecule has 0 radical (unpaired) electrons. The third kappa shape index (κ3) is 9.88. The molecular formula is C8H19NO2. The van der Waals surface area contributed by atoms with Crippen molar-refractivity contribution in [2.45, 2.75) is 32.3 Å². The Morgan fingerprint density at radius 3 is 2.55 bits per heavy atom. The molecule has 0 aromatic heterocycles. The number of rotatable bonds is 7. The van der Waals surface area contributed by atoms with Gasteiger partial charge in [0, 0.05) is 13.2 Å². The van der Waals surface area contributed by atoms with Crippen LogP contribution in [0, 0.1) is 0 Å². The maximum absolute atomic E-state index is 8.85. The second-order valence-electron chi connectivity index (χ2n) is 2.84. The molecule has 0 spiro atoms. The van der Waals surface area contributed by atoms with Gasteiger partial charge in [-0.3, -0.25) is 0 Å². The third-order valence-corrected chi connectivity index (χ3v) is 1.45. The minimum atomic E-state index is -0.257. The smallest absolute Gasteiger partial charge is 0.0636 e. The highest BCUT2D eigenvalue weighted by Crippen LogP contribution is 1.91. The molecule has 0 aliphatic carbocycles. The minimum absolute atomic E-state index is 0.257. The number of aliphatic hydroxyl groups excluding tert-OH is 2. The molecule has 0 heterocycles. The Morgan fingerprint density at radius 2 is 2.00 bits per heavy atom. The average molecular weight is 161 g/mol. The van der Waals surface area contributed by atoms with Crippen molar-refractivity contribution in [2.24, 2.45) is 0 Å². The van der Waals surface area contributed by atoms with Crippen LogP contribution in [0.15, 0.2) is 0 Å². The van der Waals surface area contributed by atoms with Crippen LogP contribution in [0.5, 0.6) is 0 Å². The van der Waals surface area contributed by atoms with Crippen molar-refractivity contribution in [1.82, 2.24) is 5.32 Å². The Hall–Kier alpha value is -0.120. The summed E-state index contributed by atoms with van der Waals surface area (Å²) in [6.07, 6.45) is 2.76. The van der Waals surface area contributed by atoms with E-state index in [0.717, 1.165) is 25.8 Å². The van der Waals surface area contributed by atoms with Gasteiger partial charge in [-0.1, -0.05) is 0 Å². The van der Waals surface area contributed by atoms with E-state index in [0.29, 0.717) is 6.54 Å². The zero-order chi connectivity index (χ0) is 8.53. The van der Waals surface area contributed by atoms with Crippen LogP contribution in [-0.4, -0.2) is 36.0 Å². The van der Waals surface area contributed by atoms with Crippen molar-refractivity contribution < 1.29 is 10.2 Å². The van der Waals surface area contributed by atoms with Crippen molar-refractivity contribution in [3.8, 4) is 0 Å². The molecule has 68 valence electrons. The van der Waals surface area contributed by atoms with E-state index < -0.39 is 0 Å². The largest absolute Gasteiger partial charge is 0.396 e. The van der Waals surface area contributed by atoms with Crippen LogP contribution in [0.2, 0.25) is 0 Å². The summed E-state index contributed by atoms with van der Waals surface area (Å²) in [6, 6.07) is 0. The predicted molar refractivity (Wildman–Crippen MR) is 45.5 cm³/mol. The number of unbranched alkanes of at least 4 members (excludes halogenated alkanes) is 2. The van der Waals surface area contributed by atoms with Crippen LogP contribution in [0.3, 0.4) is 0 Å². The summed E-state index contributed by atoms with van der Waals surface area (Å²) in [5.41, 5.74) is 0. The normalized spacial score (nSPS) is 13.4. The van der Waals surface area contributed by atoms with E-state index in [9.17, 15) is 0 Å². The zero-order valence-corrected chi connectivity index (χ0v) is 7.21. The topological polar surface area (TPSA) is 52.5 Å². The van der Waals surface area contributed by atoms with E-state index in [1.165, 1.54) is 0 Å². The Morgan fingerprint density at radius 1 is 1.27 bits per heavy atom. The van der Waals surface area contributed by atoms with E-state index in [1.54, 1.807) is 6.92 Å². The molecule has 3 nitrogen and oxygen atoms in total. The molecule has 3 N–H and O–H groups in total. The Balaban J connectivity index is 2.80. The zero-order valence-electron chi connectivity index (χ0n) is 7.21.